The third-order valence-electron chi connectivity index (χ3n) is 3.70. The van der Waals surface area contributed by atoms with E-state index in [0.29, 0.717) is 29.7 Å². The molecule has 1 amide bonds. The Morgan fingerprint density at radius 2 is 1.96 bits per heavy atom. The summed E-state index contributed by atoms with van der Waals surface area (Å²) in [5.74, 6) is 1.09. The molecule has 1 N–H and O–H groups in total. The minimum Gasteiger partial charge on any atom is -0.486 e. The summed E-state index contributed by atoms with van der Waals surface area (Å²) in [6, 6.07) is 13.4. The third kappa shape index (κ3) is 3.77. The maximum absolute atomic E-state index is 12.2. The maximum atomic E-state index is 12.2. The highest BCUT2D eigenvalue weighted by atomic mass is 35.5. The molecule has 23 heavy (non-hydrogen) atoms. The molecule has 1 aliphatic heterocycles. The van der Waals surface area contributed by atoms with E-state index in [9.17, 15) is 4.79 Å². The molecule has 1 heterocycles. The second kappa shape index (κ2) is 6.92. The SMILES string of the molecule is CC(NC(=O)Cc1cc(Cl)c2c(c1)OCCO2)c1ccccc1. The second-order valence-corrected chi connectivity index (χ2v) is 5.89. The molecule has 1 aliphatic rings. The van der Waals surface area contributed by atoms with Crippen LogP contribution in [0.2, 0.25) is 5.02 Å². The summed E-state index contributed by atoms with van der Waals surface area (Å²) in [5, 5.41) is 3.46. The Hall–Kier alpha value is -2.20. The normalized spacial score (nSPS) is 14.2. The van der Waals surface area contributed by atoms with Crippen LogP contribution in [0.25, 0.3) is 0 Å². The zero-order chi connectivity index (χ0) is 16.2. The monoisotopic (exact) mass is 331 g/mol. The van der Waals surface area contributed by atoms with Crippen molar-refractivity contribution in [3.63, 3.8) is 0 Å². The van der Waals surface area contributed by atoms with Crippen LogP contribution >= 0.6 is 11.6 Å². The van der Waals surface area contributed by atoms with Gasteiger partial charge in [0.25, 0.3) is 0 Å². The van der Waals surface area contributed by atoms with Gasteiger partial charge in [-0.25, -0.2) is 0 Å². The number of rotatable bonds is 4. The van der Waals surface area contributed by atoms with Crippen LogP contribution < -0.4 is 14.8 Å². The summed E-state index contributed by atoms with van der Waals surface area (Å²) in [6.45, 7) is 2.94. The fourth-order valence-corrected chi connectivity index (χ4v) is 2.86. The van der Waals surface area contributed by atoms with E-state index in [4.69, 9.17) is 21.1 Å². The topological polar surface area (TPSA) is 47.6 Å². The van der Waals surface area contributed by atoms with Crippen molar-refractivity contribution in [3.05, 3.63) is 58.6 Å². The van der Waals surface area contributed by atoms with Crippen LogP contribution in [0, 0.1) is 0 Å². The van der Waals surface area contributed by atoms with Crippen molar-refractivity contribution in [1.82, 2.24) is 5.32 Å². The molecule has 3 rings (SSSR count). The van der Waals surface area contributed by atoms with Crippen molar-refractivity contribution in [3.8, 4) is 11.5 Å². The molecule has 4 nitrogen and oxygen atoms in total. The smallest absolute Gasteiger partial charge is 0.224 e. The van der Waals surface area contributed by atoms with E-state index in [1.807, 2.05) is 43.3 Å². The number of carbonyl (C=O) groups is 1. The molecular weight excluding hydrogens is 314 g/mol. The lowest BCUT2D eigenvalue weighted by Crippen LogP contribution is -2.28. The van der Waals surface area contributed by atoms with Crippen molar-refractivity contribution in [1.29, 1.82) is 0 Å². The second-order valence-electron chi connectivity index (χ2n) is 5.48. The first-order valence-corrected chi connectivity index (χ1v) is 7.93. The van der Waals surface area contributed by atoms with Gasteiger partial charge in [-0.1, -0.05) is 41.9 Å². The molecule has 1 atom stereocenters. The van der Waals surface area contributed by atoms with Crippen LogP contribution in [0.1, 0.15) is 24.1 Å². The van der Waals surface area contributed by atoms with Gasteiger partial charge in [0.15, 0.2) is 11.5 Å². The Balaban J connectivity index is 1.67. The molecule has 0 radical (unpaired) electrons. The molecule has 2 aromatic carbocycles. The van der Waals surface area contributed by atoms with Crippen LogP contribution in [-0.4, -0.2) is 19.1 Å². The summed E-state index contributed by atoms with van der Waals surface area (Å²) in [7, 11) is 0. The van der Waals surface area contributed by atoms with E-state index in [2.05, 4.69) is 5.32 Å². The fourth-order valence-electron chi connectivity index (χ4n) is 2.57. The lowest BCUT2D eigenvalue weighted by molar-refractivity contribution is -0.121. The van der Waals surface area contributed by atoms with E-state index in [1.54, 1.807) is 6.07 Å². The number of hydrogen-bond acceptors (Lipinski definition) is 3. The number of carbonyl (C=O) groups excluding carboxylic acids is 1. The number of nitrogens with one attached hydrogen (secondary N) is 1. The Morgan fingerprint density at radius 1 is 1.22 bits per heavy atom. The van der Waals surface area contributed by atoms with Crippen molar-refractivity contribution >= 4 is 17.5 Å². The summed E-state index contributed by atoms with van der Waals surface area (Å²) < 4.78 is 11.0. The summed E-state index contributed by atoms with van der Waals surface area (Å²) in [6.07, 6.45) is 0.244. The number of benzene rings is 2. The molecule has 0 aromatic heterocycles. The molecular formula is C18H18ClNO3. The number of hydrogen-bond donors (Lipinski definition) is 1. The molecule has 5 heteroatoms. The van der Waals surface area contributed by atoms with Crippen LogP contribution in [0.4, 0.5) is 0 Å². The highest BCUT2D eigenvalue weighted by Crippen LogP contribution is 2.38. The molecule has 120 valence electrons. The number of halogens is 1. The zero-order valence-electron chi connectivity index (χ0n) is 12.8. The van der Waals surface area contributed by atoms with Gasteiger partial charge in [0, 0.05) is 0 Å². The average molecular weight is 332 g/mol. The Labute approximate surface area is 140 Å². The van der Waals surface area contributed by atoms with Gasteiger partial charge in [-0.2, -0.15) is 0 Å². The molecule has 0 saturated heterocycles. The van der Waals surface area contributed by atoms with Gasteiger partial charge >= 0.3 is 0 Å². The van der Waals surface area contributed by atoms with Gasteiger partial charge in [0.05, 0.1) is 17.5 Å². The first kappa shape index (κ1) is 15.7. The van der Waals surface area contributed by atoms with Crippen LogP contribution in [0.15, 0.2) is 42.5 Å². The predicted molar refractivity (Wildman–Crippen MR) is 89.1 cm³/mol. The van der Waals surface area contributed by atoms with Crippen molar-refractivity contribution in [2.24, 2.45) is 0 Å². The van der Waals surface area contributed by atoms with E-state index >= 15 is 0 Å². The van der Waals surface area contributed by atoms with Gasteiger partial charge in [0.2, 0.25) is 5.91 Å². The van der Waals surface area contributed by atoms with Gasteiger partial charge in [-0.15, -0.1) is 0 Å². The molecule has 2 aromatic rings. The van der Waals surface area contributed by atoms with Crippen molar-refractivity contribution in [2.45, 2.75) is 19.4 Å². The zero-order valence-corrected chi connectivity index (χ0v) is 13.6. The van der Waals surface area contributed by atoms with Crippen LogP contribution in [-0.2, 0) is 11.2 Å². The minimum absolute atomic E-state index is 0.0450. The van der Waals surface area contributed by atoms with Gasteiger partial charge < -0.3 is 14.8 Å². The molecule has 0 spiro atoms. The van der Waals surface area contributed by atoms with Gasteiger partial charge in [0.1, 0.15) is 13.2 Å². The van der Waals surface area contributed by atoms with E-state index in [0.717, 1.165) is 11.1 Å². The highest BCUT2D eigenvalue weighted by Gasteiger charge is 2.18. The van der Waals surface area contributed by atoms with Crippen LogP contribution in [0.5, 0.6) is 11.5 Å². The summed E-state index contributed by atoms with van der Waals surface area (Å²) in [4.78, 5) is 12.2. The first-order valence-electron chi connectivity index (χ1n) is 7.56. The van der Waals surface area contributed by atoms with Gasteiger partial charge in [-0.05, 0) is 30.2 Å². The lowest BCUT2D eigenvalue weighted by atomic mass is 10.1. The van der Waals surface area contributed by atoms with E-state index in [-0.39, 0.29) is 18.4 Å². The molecule has 0 aliphatic carbocycles. The Kier molecular flexibility index (Phi) is 4.72. The van der Waals surface area contributed by atoms with E-state index in [1.165, 1.54) is 0 Å². The standard InChI is InChI=1S/C18H18ClNO3/c1-12(14-5-3-2-4-6-14)20-17(21)11-13-9-15(19)18-16(10-13)22-7-8-23-18/h2-6,9-10,12H,7-8,11H2,1H3,(H,20,21). The highest BCUT2D eigenvalue weighted by molar-refractivity contribution is 6.32. The molecule has 0 fully saturated rings. The number of fused-ring (bicyclic) bond motifs is 1. The minimum atomic E-state index is -0.0610. The molecule has 1 unspecified atom stereocenters. The molecule has 0 saturated carbocycles. The number of amides is 1. The first-order chi connectivity index (χ1) is 11.1. The van der Waals surface area contributed by atoms with Crippen molar-refractivity contribution < 1.29 is 14.3 Å². The quantitative estimate of drug-likeness (QED) is 0.932. The third-order valence-corrected chi connectivity index (χ3v) is 3.98. The van der Waals surface area contributed by atoms with Crippen LogP contribution in [0.3, 0.4) is 0 Å². The van der Waals surface area contributed by atoms with E-state index < -0.39 is 0 Å². The fraction of sp³-hybridized carbons (Fsp3) is 0.278. The number of ether oxygens (including phenoxy) is 2. The van der Waals surface area contributed by atoms with Crippen molar-refractivity contribution in [2.75, 3.05) is 13.2 Å². The Morgan fingerprint density at radius 3 is 2.74 bits per heavy atom. The molecule has 0 bridgehead atoms. The predicted octanol–water partition coefficient (Wildman–Crippen LogP) is 3.53. The Bertz CT molecular complexity index is 703. The summed E-state index contributed by atoms with van der Waals surface area (Å²) in [5.41, 5.74) is 1.87. The lowest BCUT2D eigenvalue weighted by Gasteiger charge is -2.20. The maximum Gasteiger partial charge on any atom is 0.224 e. The summed E-state index contributed by atoms with van der Waals surface area (Å²) >= 11 is 6.20. The van der Waals surface area contributed by atoms with Gasteiger partial charge in [-0.3, -0.25) is 4.79 Å². The average Bonchev–Trinajstić information content (AvgIpc) is 2.55. The largest absolute Gasteiger partial charge is 0.486 e.